The third-order valence-corrected chi connectivity index (χ3v) is 4.73. The number of amides is 2. The maximum atomic E-state index is 12.7. The zero-order valence-electron chi connectivity index (χ0n) is 15.2. The fourth-order valence-corrected chi connectivity index (χ4v) is 3.30. The van der Waals surface area contributed by atoms with Crippen molar-refractivity contribution < 1.29 is 18.5 Å². The van der Waals surface area contributed by atoms with E-state index in [1.54, 1.807) is 24.3 Å². The van der Waals surface area contributed by atoms with Gasteiger partial charge in [-0.15, -0.1) is 0 Å². The third-order valence-electron chi connectivity index (χ3n) is 4.73. The summed E-state index contributed by atoms with van der Waals surface area (Å²) in [6.07, 6.45) is 4.87. The molecule has 1 aliphatic heterocycles. The molecule has 0 bridgehead atoms. The van der Waals surface area contributed by atoms with Gasteiger partial charge in [0.2, 0.25) is 11.7 Å². The fraction of sp³-hybridized carbons (Fsp3) is 0.250. The summed E-state index contributed by atoms with van der Waals surface area (Å²) in [5.41, 5.74) is 7.22. The second-order valence-corrected chi connectivity index (χ2v) is 6.65. The first-order valence-electron chi connectivity index (χ1n) is 9.12. The van der Waals surface area contributed by atoms with Gasteiger partial charge in [0.15, 0.2) is 11.5 Å². The standard InChI is InChI=1S/C20H20N4O4/c21-19(25)13-6-7-16(24-8-2-1-3-9-24)14(11-13)22-20(26)15-12-18(28-23-15)17-5-4-10-27-17/h4-7,10-12H,1-3,8-9H2,(H2,21,25)(H,22,26). The first-order chi connectivity index (χ1) is 13.6. The van der Waals surface area contributed by atoms with Crippen molar-refractivity contribution in [3.05, 3.63) is 53.9 Å². The van der Waals surface area contributed by atoms with Crippen LogP contribution in [0.25, 0.3) is 11.5 Å². The Kier molecular flexibility index (Phi) is 4.84. The predicted molar refractivity (Wildman–Crippen MR) is 103 cm³/mol. The number of anilines is 2. The van der Waals surface area contributed by atoms with Gasteiger partial charge in [-0.3, -0.25) is 9.59 Å². The molecule has 0 atom stereocenters. The van der Waals surface area contributed by atoms with Crippen molar-refractivity contribution in [1.29, 1.82) is 0 Å². The average molecular weight is 380 g/mol. The molecule has 0 spiro atoms. The van der Waals surface area contributed by atoms with E-state index in [2.05, 4.69) is 15.4 Å². The van der Waals surface area contributed by atoms with Gasteiger partial charge in [0, 0.05) is 24.7 Å². The van der Waals surface area contributed by atoms with Crippen molar-refractivity contribution in [3.8, 4) is 11.5 Å². The van der Waals surface area contributed by atoms with Gasteiger partial charge in [0.05, 0.1) is 17.6 Å². The Balaban J connectivity index is 1.61. The summed E-state index contributed by atoms with van der Waals surface area (Å²) in [6.45, 7) is 1.79. The van der Waals surface area contributed by atoms with Crippen LogP contribution in [0.4, 0.5) is 11.4 Å². The number of benzene rings is 1. The Bertz CT molecular complexity index is 988. The molecule has 2 aromatic heterocycles. The number of furan rings is 1. The minimum absolute atomic E-state index is 0.112. The van der Waals surface area contributed by atoms with Crippen LogP contribution in [0.1, 0.15) is 40.1 Å². The highest BCUT2D eigenvalue weighted by molar-refractivity contribution is 6.06. The van der Waals surface area contributed by atoms with Crippen LogP contribution in [0.15, 0.2) is 51.6 Å². The zero-order valence-corrected chi connectivity index (χ0v) is 15.2. The molecular weight excluding hydrogens is 360 g/mol. The predicted octanol–water partition coefficient (Wildman–Crippen LogP) is 3.28. The molecule has 8 heteroatoms. The fourth-order valence-electron chi connectivity index (χ4n) is 3.30. The maximum absolute atomic E-state index is 12.7. The van der Waals surface area contributed by atoms with Crippen LogP contribution in [0.5, 0.6) is 0 Å². The lowest BCUT2D eigenvalue weighted by Gasteiger charge is -2.30. The van der Waals surface area contributed by atoms with E-state index >= 15 is 0 Å². The first-order valence-corrected chi connectivity index (χ1v) is 9.12. The van der Waals surface area contributed by atoms with E-state index in [1.807, 2.05) is 6.07 Å². The van der Waals surface area contributed by atoms with E-state index in [9.17, 15) is 9.59 Å². The Morgan fingerprint density at radius 2 is 1.89 bits per heavy atom. The molecule has 0 saturated carbocycles. The van der Waals surface area contributed by atoms with E-state index in [4.69, 9.17) is 14.7 Å². The molecule has 0 aliphatic carbocycles. The molecule has 0 radical (unpaired) electrons. The molecule has 1 saturated heterocycles. The average Bonchev–Trinajstić information content (AvgIpc) is 3.40. The van der Waals surface area contributed by atoms with Gasteiger partial charge in [-0.05, 0) is 49.6 Å². The zero-order chi connectivity index (χ0) is 19.5. The van der Waals surface area contributed by atoms with E-state index in [-0.39, 0.29) is 5.69 Å². The number of rotatable bonds is 5. The number of carbonyl (C=O) groups is 2. The number of piperidine rings is 1. The highest BCUT2D eigenvalue weighted by atomic mass is 16.5. The topological polar surface area (TPSA) is 115 Å². The van der Waals surface area contributed by atoms with E-state index < -0.39 is 11.8 Å². The van der Waals surface area contributed by atoms with Crippen LogP contribution in [-0.2, 0) is 0 Å². The smallest absolute Gasteiger partial charge is 0.277 e. The largest absolute Gasteiger partial charge is 0.461 e. The number of nitrogens with one attached hydrogen (secondary N) is 1. The molecule has 1 aromatic carbocycles. The Hall–Kier alpha value is -3.55. The number of hydrogen-bond acceptors (Lipinski definition) is 6. The Labute approximate surface area is 161 Å². The van der Waals surface area contributed by atoms with Gasteiger partial charge in [-0.2, -0.15) is 0 Å². The molecule has 1 aliphatic rings. The summed E-state index contributed by atoms with van der Waals surface area (Å²) in [7, 11) is 0. The van der Waals surface area contributed by atoms with Crippen LogP contribution in [0, 0.1) is 0 Å². The van der Waals surface area contributed by atoms with Gasteiger partial charge in [-0.25, -0.2) is 0 Å². The third kappa shape index (κ3) is 3.62. The number of carbonyl (C=O) groups excluding carboxylic acids is 2. The lowest BCUT2D eigenvalue weighted by atomic mass is 10.1. The molecule has 1 fully saturated rings. The normalized spacial score (nSPS) is 14.1. The number of aromatic nitrogens is 1. The number of nitrogens with two attached hydrogens (primary N) is 1. The number of primary amides is 1. The van der Waals surface area contributed by atoms with Crippen molar-refractivity contribution in [2.24, 2.45) is 5.73 Å². The van der Waals surface area contributed by atoms with E-state index in [1.165, 1.54) is 18.8 Å². The van der Waals surface area contributed by atoms with Gasteiger partial charge in [0.1, 0.15) is 0 Å². The van der Waals surface area contributed by atoms with Crippen LogP contribution in [-0.4, -0.2) is 30.1 Å². The molecule has 3 heterocycles. The highest BCUT2D eigenvalue weighted by Gasteiger charge is 2.20. The molecular formula is C20H20N4O4. The van der Waals surface area contributed by atoms with Crippen molar-refractivity contribution in [1.82, 2.24) is 5.16 Å². The summed E-state index contributed by atoms with van der Waals surface area (Å²) >= 11 is 0. The number of nitrogens with zero attached hydrogens (tertiary/aromatic N) is 2. The van der Waals surface area contributed by atoms with Crippen LogP contribution >= 0.6 is 0 Å². The minimum Gasteiger partial charge on any atom is -0.461 e. The van der Waals surface area contributed by atoms with Crippen molar-refractivity contribution in [2.75, 3.05) is 23.3 Å². The summed E-state index contributed by atoms with van der Waals surface area (Å²) in [6, 6.07) is 10.0. The van der Waals surface area contributed by atoms with Crippen molar-refractivity contribution >= 4 is 23.2 Å². The molecule has 28 heavy (non-hydrogen) atoms. The van der Waals surface area contributed by atoms with Gasteiger partial charge < -0.3 is 24.9 Å². The quantitative estimate of drug-likeness (QED) is 0.702. The SMILES string of the molecule is NC(=O)c1ccc(N2CCCCC2)c(NC(=O)c2cc(-c3ccco3)on2)c1. The molecule has 0 unspecified atom stereocenters. The van der Waals surface area contributed by atoms with Crippen LogP contribution in [0.2, 0.25) is 0 Å². The maximum Gasteiger partial charge on any atom is 0.277 e. The van der Waals surface area contributed by atoms with Gasteiger partial charge >= 0.3 is 0 Å². The van der Waals surface area contributed by atoms with Gasteiger partial charge in [0.25, 0.3) is 5.91 Å². The molecule has 3 N–H and O–H groups in total. The number of hydrogen-bond donors (Lipinski definition) is 2. The molecule has 8 nitrogen and oxygen atoms in total. The second kappa shape index (κ2) is 7.59. The first kappa shape index (κ1) is 17.8. The molecule has 144 valence electrons. The monoisotopic (exact) mass is 380 g/mol. The molecule has 4 rings (SSSR count). The Morgan fingerprint density at radius 3 is 2.61 bits per heavy atom. The second-order valence-electron chi connectivity index (χ2n) is 6.65. The van der Waals surface area contributed by atoms with Gasteiger partial charge in [-0.1, -0.05) is 5.16 Å². The summed E-state index contributed by atoms with van der Waals surface area (Å²) in [5.74, 6) is -0.155. The summed E-state index contributed by atoms with van der Waals surface area (Å²) < 4.78 is 10.4. The van der Waals surface area contributed by atoms with E-state index in [0.717, 1.165) is 31.6 Å². The summed E-state index contributed by atoms with van der Waals surface area (Å²) in [5, 5.41) is 6.65. The Morgan fingerprint density at radius 1 is 1.07 bits per heavy atom. The lowest BCUT2D eigenvalue weighted by Crippen LogP contribution is -2.30. The highest BCUT2D eigenvalue weighted by Crippen LogP contribution is 2.30. The van der Waals surface area contributed by atoms with E-state index in [0.29, 0.717) is 22.8 Å². The summed E-state index contributed by atoms with van der Waals surface area (Å²) in [4.78, 5) is 26.5. The van der Waals surface area contributed by atoms with Crippen molar-refractivity contribution in [3.63, 3.8) is 0 Å². The van der Waals surface area contributed by atoms with Crippen LogP contribution in [0.3, 0.4) is 0 Å². The minimum atomic E-state index is -0.553. The van der Waals surface area contributed by atoms with Crippen molar-refractivity contribution in [2.45, 2.75) is 19.3 Å². The lowest BCUT2D eigenvalue weighted by molar-refractivity contribution is 0.0994. The molecule has 2 amide bonds. The molecule has 3 aromatic rings. The van der Waals surface area contributed by atoms with Crippen LogP contribution < -0.4 is 16.0 Å².